The topological polar surface area (TPSA) is 95.0 Å². The molecule has 7 heteroatoms. The quantitative estimate of drug-likeness (QED) is 0.105. The SMILES string of the molecule is CCCCCCCCCCCCC(CCCCCCCC)CN1C(=O)c2ccc3c4c(ccc(c24)C1=O)C(=O)N(CCO)C3=O. The van der Waals surface area contributed by atoms with Gasteiger partial charge in [0.2, 0.25) is 0 Å². The maximum atomic E-state index is 13.9. The van der Waals surface area contributed by atoms with Gasteiger partial charge in [-0.05, 0) is 43.0 Å². The van der Waals surface area contributed by atoms with E-state index in [0.717, 1.165) is 30.6 Å². The maximum absolute atomic E-state index is 13.9. The summed E-state index contributed by atoms with van der Waals surface area (Å²) in [5.41, 5.74) is 1.32. The van der Waals surface area contributed by atoms with Gasteiger partial charge in [-0.15, -0.1) is 0 Å². The van der Waals surface area contributed by atoms with Crippen molar-refractivity contribution in [1.29, 1.82) is 0 Å². The minimum absolute atomic E-state index is 0.104. The summed E-state index contributed by atoms with van der Waals surface area (Å²) in [4.78, 5) is 56.5. The number of amides is 4. The molecule has 0 fully saturated rings. The molecule has 0 radical (unpaired) electrons. The Morgan fingerprint density at radius 1 is 0.511 bits per heavy atom. The minimum atomic E-state index is -0.511. The van der Waals surface area contributed by atoms with Crippen LogP contribution in [0.15, 0.2) is 24.3 Å². The molecule has 2 aromatic carbocycles. The van der Waals surface area contributed by atoms with Gasteiger partial charge in [0.25, 0.3) is 23.6 Å². The fraction of sp³-hybridized carbons (Fsp3) is 0.632. The third-order valence-corrected chi connectivity index (χ3v) is 9.76. The highest BCUT2D eigenvalue weighted by Crippen LogP contribution is 2.38. The van der Waals surface area contributed by atoms with E-state index < -0.39 is 11.8 Å². The second-order valence-corrected chi connectivity index (χ2v) is 13.2. The number of aliphatic hydroxyl groups excluding tert-OH is 1. The average Bonchev–Trinajstić information content (AvgIpc) is 3.04. The Morgan fingerprint density at radius 3 is 1.20 bits per heavy atom. The Hall–Kier alpha value is -3.06. The second kappa shape index (κ2) is 17.6. The van der Waals surface area contributed by atoms with Crippen LogP contribution in [0.4, 0.5) is 0 Å². The Kier molecular flexibility index (Phi) is 13.6. The molecule has 2 aliphatic rings. The molecule has 2 aromatic rings. The molecule has 1 atom stereocenters. The van der Waals surface area contributed by atoms with Crippen molar-refractivity contribution >= 4 is 34.4 Å². The van der Waals surface area contributed by atoms with Crippen LogP contribution in [0.5, 0.6) is 0 Å². The van der Waals surface area contributed by atoms with Crippen LogP contribution >= 0.6 is 0 Å². The standard InChI is InChI=1S/C38H54N2O5/c1-3-5-7-9-11-12-13-14-16-18-20-28(19-17-15-10-8-6-4-2)27-40-37(44)31-23-21-29-33-30(22-24-32(34(31)33)38(40)45)36(43)39(25-26-41)35(29)42/h21-24,28,41H,3-20,25-27H2,1-2H3. The third-order valence-electron chi connectivity index (χ3n) is 9.76. The highest BCUT2D eigenvalue weighted by atomic mass is 16.3. The van der Waals surface area contributed by atoms with E-state index in [2.05, 4.69) is 13.8 Å². The number of hydrogen-bond acceptors (Lipinski definition) is 5. The van der Waals surface area contributed by atoms with Gasteiger partial charge in [-0.3, -0.25) is 29.0 Å². The molecule has 45 heavy (non-hydrogen) atoms. The molecular formula is C38H54N2O5. The maximum Gasteiger partial charge on any atom is 0.261 e. The number of carbonyl (C=O) groups excluding carboxylic acids is 4. The zero-order valence-electron chi connectivity index (χ0n) is 27.7. The summed E-state index contributed by atoms with van der Waals surface area (Å²) in [7, 11) is 0. The molecule has 0 saturated heterocycles. The molecule has 2 heterocycles. The van der Waals surface area contributed by atoms with E-state index >= 15 is 0 Å². The predicted octanol–water partition coefficient (Wildman–Crippen LogP) is 8.70. The number of β-amino-alcohol motifs (C(OH)–C–C–N with tert-alkyl or cyclic N) is 1. The van der Waals surface area contributed by atoms with Crippen LogP contribution < -0.4 is 0 Å². The Morgan fingerprint density at radius 2 is 0.844 bits per heavy atom. The normalized spacial score (nSPS) is 15.1. The van der Waals surface area contributed by atoms with Gasteiger partial charge in [0.05, 0.1) is 13.2 Å². The number of hydrogen-bond donors (Lipinski definition) is 1. The molecule has 0 aliphatic carbocycles. The van der Waals surface area contributed by atoms with E-state index in [-0.39, 0.29) is 42.0 Å². The van der Waals surface area contributed by atoms with Crippen molar-refractivity contribution < 1.29 is 24.3 Å². The number of unbranched alkanes of at least 4 members (excludes halogenated alkanes) is 14. The fourth-order valence-corrected chi connectivity index (χ4v) is 7.16. The molecule has 4 rings (SSSR count). The number of aliphatic hydroxyl groups is 1. The fourth-order valence-electron chi connectivity index (χ4n) is 7.16. The lowest BCUT2D eigenvalue weighted by Gasteiger charge is -2.33. The monoisotopic (exact) mass is 618 g/mol. The molecule has 0 aromatic heterocycles. The van der Waals surface area contributed by atoms with Crippen LogP contribution in [0, 0.1) is 5.92 Å². The van der Waals surface area contributed by atoms with Gasteiger partial charge < -0.3 is 5.11 Å². The van der Waals surface area contributed by atoms with Gasteiger partial charge in [0.1, 0.15) is 0 Å². The Bertz CT molecular complexity index is 1260. The number of carbonyl (C=O) groups is 4. The van der Waals surface area contributed by atoms with Crippen molar-refractivity contribution in [2.24, 2.45) is 5.92 Å². The molecule has 1 N–H and O–H groups in total. The lowest BCUT2D eigenvalue weighted by Crippen LogP contribution is -2.45. The first-order valence-electron chi connectivity index (χ1n) is 17.9. The van der Waals surface area contributed by atoms with E-state index in [0.29, 0.717) is 28.4 Å². The molecule has 0 saturated carbocycles. The Balaban J connectivity index is 1.44. The van der Waals surface area contributed by atoms with Gasteiger partial charge in [0.15, 0.2) is 0 Å². The van der Waals surface area contributed by atoms with Crippen molar-refractivity contribution in [2.45, 2.75) is 129 Å². The zero-order valence-corrected chi connectivity index (χ0v) is 27.7. The molecule has 7 nitrogen and oxygen atoms in total. The lowest BCUT2D eigenvalue weighted by molar-refractivity contribution is 0.0558. The zero-order chi connectivity index (χ0) is 32.2. The summed E-state index contributed by atoms with van der Waals surface area (Å²) in [6.07, 6.45) is 22.1. The van der Waals surface area contributed by atoms with E-state index in [9.17, 15) is 24.3 Å². The highest BCUT2D eigenvalue weighted by molar-refractivity contribution is 6.33. The number of nitrogens with zero attached hydrogens (tertiary/aromatic N) is 2. The molecule has 0 spiro atoms. The summed E-state index contributed by atoms with van der Waals surface area (Å²) >= 11 is 0. The first-order chi connectivity index (χ1) is 21.9. The summed E-state index contributed by atoms with van der Waals surface area (Å²) < 4.78 is 0. The van der Waals surface area contributed by atoms with Crippen LogP contribution in [-0.2, 0) is 0 Å². The van der Waals surface area contributed by atoms with Gasteiger partial charge in [-0.25, -0.2) is 0 Å². The summed E-state index contributed by atoms with van der Waals surface area (Å²) in [6, 6.07) is 6.44. The molecule has 1 unspecified atom stereocenters. The average molecular weight is 619 g/mol. The predicted molar refractivity (Wildman–Crippen MR) is 180 cm³/mol. The van der Waals surface area contributed by atoms with Crippen molar-refractivity contribution in [1.82, 2.24) is 9.80 Å². The summed E-state index contributed by atoms with van der Waals surface area (Å²) in [6.45, 7) is 4.44. The first kappa shape index (κ1) is 34.8. The van der Waals surface area contributed by atoms with Crippen LogP contribution in [0.25, 0.3) is 10.8 Å². The third kappa shape index (κ3) is 8.41. The second-order valence-electron chi connectivity index (χ2n) is 13.2. The lowest BCUT2D eigenvalue weighted by atomic mass is 9.85. The number of rotatable bonds is 22. The molecule has 2 aliphatic heterocycles. The molecule has 246 valence electrons. The van der Waals surface area contributed by atoms with Gasteiger partial charge in [-0.2, -0.15) is 0 Å². The van der Waals surface area contributed by atoms with Gasteiger partial charge in [0, 0.05) is 39.6 Å². The van der Waals surface area contributed by atoms with Crippen LogP contribution in [-0.4, -0.2) is 58.2 Å². The first-order valence-corrected chi connectivity index (χ1v) is 17.9. The molecular weight excluding hydrogens is 564 g/mol. The number of imide groups is 2. The van der Waals surface area contributed by atoms with Gasteiger partial charge in [-0.1, -0.05) is 117 Å². The van der Waals surface area contributed by atoms with Gasteiger partial charge >= 0.3 is 0 Å². The summed E-state index contributed by atoms with van der Waals surface area (Å²) in [5.74, 6) is -1.45. The molecule has 0 bridgehead atoms. The Labute approximate surface area is 269 Å². The van der Waals surface area contributed by atoms with Crippen molar-refractivity contribution in [3.63, 3.8) is 0 Å². The summed E-state index contributed by atoms with van der Waals surface area (Å²) in [5, 5.41) is 10.2. The van der Waals surface area contributed by atoms with Crippen LogP contribution in [0.1, 0.15) is 171 Å². The van der Waals surface area contributed by atoms with Crippen LogP contribution in [0.2, 0.25) is 0 Å². The van der Waals surface area contributed by atoms with Crippen molar-refractivity contribution in [3.8, 4) is 0 Å². The van der Waals surface area contributed by atoms with E-state index in [4.69, 9.17) is 0 Å². The highest BCUT2D eigenvalue weighted by Gasteiger charge is 2.39. The van der Waals surface area contributed by atoms with Crippen molar-refractivity contribution in [3.05, 3.63) is 46.5 Å². The van der Waals surface area contributed by atoms with E-state index in [1.165, 1.54) is 94.8 Å². The number of benzene rings is 2. The van der Waals surface area contributed by atoms with E-state index in [1.807, 2.05) is 0 Å². The minimum Gasteiger partial charge on any atom is -0.395 e. The van der Waals surface area contributed by atoms with E-state index in [1.54, 1.807) is 24.3 Å². The van der Waals surface area contributed by atoms with Crippen molar-refractivity contribution in [2.75, 3.05) is 19.7 Å². The van der Waals surface area contributed by atoms with Crippen LogP contribution in [0.3, 0.4) is 0 Å². The smallest absolute Gasteiger partial charge is 0.261 e. The molecule has 4 amide bonds. The largest absolute Gasteiger partial charge is 0.395 e.